The lowest BCUT2D eigenvalue weighted by molar-refractivity contribution is 0.195. The Kier molecular flexibility index (Phi) is 8.60. The predicted molar refractivity (Wildman–Crippen MR) is 124 cm³/mol. The lowest BCUT2D eigenvalue weighted by atomic mass is 9.97. The van der Waals surface area contributed by atoms with Gasteiger partial charge in [-0.05, 0) is 75.0 Å². The van der Waals surface area contributed by atoms with E-state index in [1.165, 1.54) is 0 Å². The van der Waals surface area contributed by atoms with Crippen LogP contribution in [0.5, 0.6) is 23.0 Å². The number of benzene rings is 2. The number of hydrogen-bond donors (Lipinski definition) is 3. The van der Waals surface area contributed by atoms with Gasteiger partial charge in [0.05, 0.1) is 6.61 Å². The van der Waals surface area contributed by atoms with Gasteiger partial charge in [-0.1, -0.05) is 13.8 Å². The van der Waals surface area contributed by atoms with E-state index in [9.17, 15) is 15.3 Å². The molecule has 0 aliphatic heterocycles. The zero-order valence-electron chi connectivity index (χ0n) is 19.9. The third-order valence-electron chi connectivity index (χ3n) is 5.79. The van der Waals surface area contributed by atoms with E-state index in [0.29, 0.717) is 19.7 Å². The molecule has 3 N–H and O–H groups in total. The van der Waals surface area contributed by atoms with E-state index >= 15 is 0 Å². The number of likely N-dealkylation sites (N-methyl/N-ethyl adjacent to an activating group) is 1. The second-order valence-corrected chi connectivity index (χ2v) is 8.52. The average Bonchev–Trinajstić information content (AvgIpc) is 2.72. The van der Waals surface area contributed by atoms with Crippen LogP contribution in [0.4, 0.5) is 0 Å². The largest absolute Gasteiger partial charge is 0.508 e. The van der Waals surface area contributed by atoms with Crippen LogP contribution in [-0.4, -0.2) is 53.6 Å². The molecule has 0 bridgehead atoms. The zero-order chi connectivity index (χ0) is 23.3. The molecule has 0 amide bonds. The first kappa shape index (κ1) is 24.8. The van der Waals surface area contributed by atoms with E-state index in [1.54, 1.807) is 6.07 Å². The van der Waals surface area contributed by atoms with E-state index in [1.807, 2.05) is 40.8 Å². The van der Waals surface area contributed by atoms with Crippen LogP contribution in [0, 0.1) is 27.7 Å². The van der Waals surface area contributed by atoms with Crippen LogP contribution in [0.1, 0.15) is 53.1 Å². The van der Waals surface area contributed by atoms with E-state index in [4.69, 9.17) is 9.47 Å². The second-order valence-electron chi connectivity index (χ2n) is 8.52. The minimum absolute atomic E-state index is 0.0637. The molecular weight excluding hydrogens is 394 g/mol. The van der Waals surface area contributed by atoms with Gasteiger partial charge in [0.25, 0.3) is 0 Å². The van der Waals surface area contributed by atoms with Gasteiger partial charge in [-0.15, -0.1) is 0 Å². The summed E-state index contributed by atoms with van der Waals surface area (Å²) in [6.07, 6.45) is 0. The fourth-order valence-corrected chi connectivity index (χ4v) is 3.62. The van der Waals surface area contributed by atoms with Gasteiger partial charge in [0.1, 0.15) is 36.2 Å². The van der Waals surface area contributed by atoms with Crippen molar-refractivity contribution in [1.29, 1.82) is 0 Å². The summed E-state index contributed by atoms with van der Waals surface area (Å²) in [5.74, 6) is 2.34. The van der Waals surface area contributed by atoms with Crippen LogP contribution >= 0.6 is 0 Å². The number of aliphatic hydroxyl groups excluding tert-OH is 1. The summed E-state index contributed by atoms with van der Waals surface area (Å²) in [7, 11) is 2.00. The summed E-state index contributed by atoms with van der Waals surface area (Å²) in [5, 5.41) is 29.7. The Morgan fingerprint density at radius 3 is 2.23 bits per heavy atom. The highest BCUT2D eigenvalue weighted by Crippen LogP contribution is 2.38. The predicted octanol–water partition coefficient (Wildman–Crippen LogP) is 4.34. The first-order valence-electron chi connectivity index (χ1n) is 10.8. The molecule has 0 saturated carbocycles. The quantitative estimate of drug-likeness (QED) is 0.519. The maximum absolute atomic E-state index is 10.5. The molecule has 31 heavy (non-hydrogen) atoms. The van der Waals surface area contributed by atoms with Crippen molar-refractivity contribution < 1.29 is 24.8 Å². The Hall–Kier alpha value is -2.44. The standard InChI is InChI=1S/C25H37NO5/c1-15(2)20-13-22(28)16(3)12-23(20)30-10-8-26(7)14-21-19(6)24(29)17(4)18(5)25(21)31-11-9-27/h12-13,15,27-29H,8-11,14H2,1-7H3. The molecule has 2 rings (SSSR count). The number of phenols is 2. The molecule has 2 aromatic carbocycles. The number of aliphatic hydroxyl groups is 1. The summed E-state index contributed by atoms with van der Waals surface area (Å²) in [5.41, 5.74) is 5.17. The maximum atomic E-state index is 10.5. The fourth-order valence-electron chi connectivity index (χ4n) is 3.62. The molecule has 6 heteroatoms. The molecule has 0 saturated heterocycles. The fraction of sp³-hybridized carbons (Fsp3) is 0.520. The molecule has 0 aliphatic carbocycles. The van der Waals surface area contributed by atoms with Crippen LogP contribution in [-0.2, 0) is 6.54 Å². The van der Waals surface area contributed by atoms with E-state index in [0.717, 1.165) is 44.9 Å². The third-order valence-corrected chi connectivity index (χ3v) is 5.79. The summed E-state index contributed by atoms with van der Waals surface area (Å²) in [6, 6.07) is 3.67. The number of phenolic OH excluding ortho intramolecular Hbond substituents is 2. The minimum atomic E-state index is -0.0637. The molecule has 6 nitrogen and oxygen atoms in total. The van der Waals surface area contributed by atoms with Gasteiger partial charge >= 0.3 is 0 Å². The van der Waals surface area contributed by atoms with Crippen LogP contribution in [0.25, 0.3) is 0 Å². The van der Waals surface area contributed by atoms with Crippen molar-refractivity contribution in [2.45, 2.75) is 54.0 Å². The lowest BCUT2D eigenvalue weighted by Crippen LogP contribution is -2.25. The Bertz CT molecular complexity index is 908. The van der Waals surface area contributed by atoms with Crippen molar-refractivity contribution in [2.24, 2.45) is 0 Å². The summed E-state index contributed by atoms with van der Waals surface area (Å²) >= 11 is 0. The second kappa shape index (κ2) is 10.7. The molecule has 0 spiro atoms. The molecule has 0 unspecified atom stereocenters. The first-order valence-corrected chi connectivity index (χ1v) is 10.8. The normalized spacial score (nSPS) is 11.4. The number of hydrogen-bond acceptors (Lipinski definition) is 6. The molecular formula is C25H37NO5. The Morgan fingerprint density at radius 1 is 0.935 bits per heavy atom. The van der Waals surface area contributed by atoms with Crippen LogP contribution in [0.3, 0.4) is 0 Å². The SMILES string of the molecule is Cc1cc(OCCN(C)Cc2c(C)c(O)c(C)c(C)c2OCCO)c(C(C)C)cc1O. The lowest BCUT2D eigenvalue weighted by Gasteiger charge is -2.24. The smallest absolute Gasteiger partial charge is 0.127 e. The molecule has 0 aromatic heterocycles. The van der Waals surface area contributed by atoms with Crippen LogP contribution in [0.2, 0.25) is 0 Å². The highest BCUT2D eigenvalue weighted by molar-refractivity contribution is 5.57. The molecule has 0 aliphatic rings. The van der Waals surface area contributed by atoms with Crippen molar-refractivity contribution >= 4 is 0 Å². The van der Waals surface area contributed by atoms with E-state index in [2.05, 4.69) is 18.7 Å². The Morgan fingerprint density at radius 2 is 1.61 bits per heavy atom. The van der Waals surface area contributed by atoms with Crippen molar-refractivity contribution in [1.82, 2.24) is 4.90 Å². The Labute approximate surface area is 186 Å². The average molecular weight is 432 g/mol. The number of ether oxygens (including phenoxy) is 2. The van der Waals surface area contributed by atoms with Gasteiger partial charge < -0.3 is 24.8 Å². The van der Waals surface area contributed by atoms with Gasteiger partial charge in [-0.25, -0.2) is 0 Å². The highest BCUT2D eigenvalue weighted by atomic mass is 16.5. The van der Waals surface area contributed by atoms with Crippen molar-refractivity contribution in [3.63, 3.8) is 0 Å². The highest BCUT2D eigenvalue weighted by Gasteiger charge is 2.19. The van der Waals surface area contributed by atoms with Gasteiger partial charge in [0, 0.05) is 24.2 Å². The number of aromatic hydroxyl groups is 2. The number of aryl methyl sites for hydroxylation is 1. The molecule has 172 valence electrons. The zero-order valence-corrected chi connectivity index (χ0v) is 19.9. The van der Waals surface area contributed by atoms with Crippen LogP contribution in [0.15, 0.2) is 12.1 Å². The molecule has 0 heterocycles. The topological polar surface area (TPSA) is 82.4 Å². The molecule has 0 atom stereocenters. The van der Waals surface area contributed by atoms with Crippen molar-refractivity contribution in [3.8, 4) is 23.0 Å². The summed E-state index contributed by atoms with van der Waals surface area (Å²) in [4.78, 5) is 2.12. The number of rotatable bonds is 10. The van der Waals surface area contributed by atoms with E-state index in [-0.39, 0.29) is 30.6 Å². The van der Waals surface area contributed by atoms with Gasteiger partial charge in [-0.2, -0.15) is 0 Å². The molecule has 0 fully saturated rings. The van der Waals surface area contributed by atoms with Crippen molar-refractivity contribution in [3.05, 3.63) is 45.5 Å². The van der Waals surface area contributed by atoms with Crippen LogP contribution < -0.4 is 9.47 Å². The Balaban J connectivity index is 2.14. The monoisotopic (exact) mass is 431 g/mol. The molecule has 2 aromatic rings. The minimum Gasteiger partial charge on any atom is -0.508 e. The molecule has 0 radical (unpaired) electrons. The first-order chi connectivity index (χ1) is 14.6. The maximum Gasteiger partial charge on any atom is 0.127 e. The van der Waals surface area contributed by atoms with Gasteiger partial charge in [0.15, 0.2) is 0 Å². The summed E-state index contributed by atoms with van der Waals surface area (Å²) in [6.45, 7) is 13.6. The van der Waals surface area contributed by atoms with E-state index < -0.39 is 0 Å². The summed E-state index contributed by atoms with van der Waals surface area (Å²) < 4.78 is 11.9. The number of nitrogens with zero attached hydrogens (tertiary/aromatic N) is 1. The van der Waals surface area contributed by atoms with Gasteiger partial charge in [-0.3, -0.25) is 4.90 Å². The third kappa shape index (κ3) is 5.83. The van der Waals surface area contributed by atoms with Crippen molar-refractivity contribution in [2.75, 3.05) is 33.4 Å². The van der Waals surface area contributed by atoms with Gasteiger partial charge in [0.2, 0.25) is 0 Å².